The van der Waals surface area contributed by atoms with Gasteiger partial charge in [-0.3, -0.25) is 0 Å². The van der Waals surface area contributed by atoms with Crippen LogP contribution in [0.5, 0.6) is 0 Å². The maximum absolute atomic E-state index is 13.5. The maximum Gasteiger partial charge on any atom is 0.186 e. The van der Waals surface area contributed by atoms with Crippen LogP contribution in [0.3, 0.4) is 0 Å². The van der Waals surface area contributed by atoms with Gasteiger partial charge in [-0.25, -0.2) is 9.37 Å². The molecular formula is C25H27FN6. The number of halogens is 1. The van der Waals surface area contributed by atoms with Crippen LogP contribution in [0.4, 0.5) is 10.2 Å². The zero-order valence-electron chi connectivity index (χ0n) is 18.1. The van der Waals surface area contributed by atoms with Gasteiger partial charge < -0.3 is 9.80 Å². The lowest BCUT2D eigenvalue weighted by Gasteiger charge is -2.40. The van der Waals surface area contributed by atoms with E-state index in [2.05, 4.69) is 38.3 Å². The number of fused-ring (bicyclic) bond motifs is 3. The van der Waals surface area contributed by atoms with E-state index in [4.69, 9.17) is 4.98 Å². The van der Waals surface area contributed by atoms with Gasteiger partial charge in [0.2, 0.25) is 0 Å². The predicted molar refractivity (Wildman–Crippen MR) is 124 cm³/mol. The second-order valence-corrected chi connectivity index (χ2v) is 8.95. The molecule has 2 aromatic carbocycles. The standard InChI is InChI=1S/C25H27FN6/c26-19-10-8-18(9-11-19)23-25-27-24(21-6-2-3-7-22(21)32(25)29-28-23)31-16-12-20(13-17-31)30-14-4-1-5-15-30/h2-3,6-11,20H,1,4-5,12-17H2. The molecule has 2 saturated heterocycles. The lowest BCUT2D eigenvalue weighted by atomic mass is 9.99. The van der Waals surface area contributed by atoms with Gasteiger partial charge >= 0.3 is 0 Å². The van der Waals surface area contributed by atoms with E-state index < -0.39 is 0 Å². The fourth-order valence-electron chi connectivity index (χ4n) is 5.31. The summed E-state index contributed by atoms with van der Waals surface area (Å²) < 4.78 is 15.3. The number of likely N-dealkylation sites (tertiary alicyclic amines) is 1. The molecule has 0 bridgehead atoms. The van der Waals surface area contributed by atoms with Gasteiger partial charge in [0.05, 0.1) is 5.52 Å². The summed E-state index contributed by atoms with van der Waals surface area (Å²) >= 11 is 0. The van der Waals surface area contributed by atoms with E-state index in [9.17, 15) is 4.39 Å². The first-order valence-electron chi connectivity index (χ1n) is 11.7. The molecule has 6 rings (SSSR count). The highest BCUT2D eigenvalue weighted by molar-refractivity contribution is 5.93. The van der Waals surface area contributed by atoms with Crippen molar-refractivity contribution in [2.24, 2.45) is 0 Å². The summed E-state index contributed by atoms with van der Waals surface area (Å²) in [5.41, 5.74) is 3.20. The molecule has 2 aliphatic heterocycles. The summed E-state index contributed by atoms with van der Waals surface area (Å²) in [5.74, 6) is 0.733. The molecule has 4 heterocycles. The van der Waals surface area contributed by atoms with E-state index in [0.29, 0.717) is 17.4 Å². The van der Waals surface area contributed by atoms with Crippen LogP contribution in [0, 0.1) is 5.82 Å². The minimum Gasteiger partial charge on any atom is -0.356 e. The van der Waals surface area contributed by atoms with E-state index in [0.717, 1.165) is 35.4 Å². The van der Waals surface area contributed by atoms with Crippen molar-refractivity contribution in [1.29, 1.82) is 0 Å². The molecule has 2 fully saturated rings. The van der Waals surface area contributed by atoms with Crippen LogP contribution >= 0.6 is 0 Å². The Hall–Kier alpha value is -3.06. The number of hydrogen-bond donors (Lipinski definition) is 0. The molecule has 0 unspecified atom stereocenters. The van der Waals surface area contributed by atoms with Crippen molar-refractivity contribution < 1.29 is 4.39 Å². The Bertz CT molecular complexity index is 1240. The van der Waals surface area contributed by atoms with Gasteiger partial charge in [-0.2, -0.15) is 4.52 Å². The van der Waals surface area contributed by atoms with Crippen molar-refractivity contribution in [3.63, 3.8) is 0 Å². The number of rotatable bonds is 3. The van der Waals surface area contributed by atoms with Crippen LogP contribution in [0.25, 0.3) is 27.8 Å². The van der Waals surface area contributed by atoms with E-state index in [-0.39, 0.29) is 5.82 Å². The Morgan fingerprint density at radius 2 is 1.59 bits per heavy atom. The number of aromatic nitrogens is 4. The maximum atomic E-state index is 13.5. The topological polar surface area (TPSA) is 49.6 Å². The van der Waals surface area contributed by atoms with Gasteiger partial charge in [-0.05, 0) is 75.2 Å². The number of benzene rings is 2. The molecule has 0 N–H and O–H groups in total. The number of nitrogens with zero attached hydrogens (tertiary/aromatic N) is 6. The van der Waals surface area contributed by atoms with E-state index >= 15 is 0 Å². The molecule has 0 aliphatic carbocycles. The van der Waals surface area contributed by atoms with Crippen LogP contribution in [-0.4, -0.2) is 56.9 Å². The van der Waals surface area contributed by atoms with Crippen molar-refractivity contribution in [3.05, 3.63) is 54.3 Å². The average Bonchev–Trinajstić information content (AvgIpc) is 3.29. The van der Waals surface area contributed by atoms with Crippen LogP contribution in [0.1, 0.15) is 32.1 Å². The lowest BCUT2D eigenvalue weighted by Crippen LogP contribution is -2.47. The molecule has 0 amide bonds. The molecule has 0 radical (unpaired) electrons. The highest BCUT2D eigenvalue weighted by Crippen LogP contribution is 2.32. The third-order valence-electron chi connectivity index (χ3n) is 7.02. The molecule has 2 aliphatic rings. The molecule has 32 heavy (non-hydrogen) atoms. The quantitative estimate of drug-likeness (QED) is 0.478. The van der Waals surface area contributed by atoms with Gasteiger partial charge in [-0.15, -0.1) is 5.10 Å². The minimum absolute atomic E-state index is 0.263. The molecule has 0 atom stereocenters. The molecule has 0 spiro atoms. The first-order chi connectivity index (χ1) is 15.8. The Morgan fingerprint density at radius 3 is 2.38 bits per heavy atom. The highest BCUT2D eigenvalue weighted by Gasteiger charge is 2.27. The first-order valence-corrected chi connectivity index (χ1v) is 11.7. The van der Waals surface area contributed by atoms with E-state index in [1.165, 1.54) is 57.3 Å². The number of hydrogen-bond acceptors (Lipinski definition) is 5. The van der Waals surface area contributed by atoms with Crippen LogP contribution in [0.2, 0.25) is 0 Å². The van der Waals surface area contributed by atoms with Crippen molar-refractivity contribution >= 4 is 22.4 Å². The lowest BCUT2D eigenvalue weighted by molar-refractivity contribution is 0.141. The third kappa shape index (κ3) is 3.41. The molecule has 4 aromatic rings. The van der Waals surface area contributed by atoms with Gasteiger partial charge in [0, 0.05) is 30.1 Å². The SMILES string of the molecule is Fc1ccc(-c2nnn3c2nc(N2CCC(N4CCCCC4)CC2)c2ccccc23)cc1. The summed E-state index contributed by atoms with van der Waals surface area (Å²) in [6.45, 7) is 4.50. The summed E-state index contributed by atoms with van der Waals surface area (Å²) in [6.07, 6.45) is 6.39. The fraction of sp³-hybridized carbons (Fsp3) is 0.400. The Balaban J connectivity index is 1.38. The zero-order valence-corrected chi connectivity index (χ0v) is 18.1. The second-order valence-electron chi connectivity index (χ2n) is 8.95. The van der Waals surface area contributed by atoms with Crippen LogP contribution < -0.4 is 4.90 Å². The normalized spacial score (nSPS) is 18.6. The largest absolute Gasteiger partial charge is 0.356 e. The van der Waals surface area contributed by atoms with Gasteiger partial charge in [-0.1, -0.05) is 23.8 Å². The van der Waals surface area contributed by atoms with Crippen molar-refractivity contribution in [2.75, 3.05) is 31.1 Å². The van der Waals surface area contributed by atoms with Crippen LogP contribution in [-0.2, 0) is 0 Å². The Morgan fingerprint density at radius 1 is 0.844 bits per heavy atom. The summed E-state index contributed by atoms with van der Waals surface area (Å²) in [5, 5.41) is 9.89. The number of para-hydroxylation sites is 1. The van der Waals surface area contributed by atoms with Gasteiger partial charge in [0.1, 0.15) is 17.3 Å². The summed E-state index contributed by atoms with van der Waals surface area (Å²) in [7, 11) is 0. The van der Waals surface area contributed by atoms with Crippen LogP contribution in [0.15, 0.2) is 48.5 Å². The fourth-order valence-corrected chi connectivity index (χ4v) is 5.31. The average molecular weight is 431 g/mol. The highest BCUT2D eigenvalue weighted by atomic mass is 19.1. The molecule has 7 heteroatoms. The van der Waals surface area contributed by atoms with Crippen molar-refractivity contribution in [3.8, 4) is 11.3 Å². The van der Waals surface area contributed by atoms with Crippen molar-refractivity contribution in [2.45, 2.75) is 38.1 Å². The smallest absolute Gasteiger partial charge is 0.186 e. The second kappa shape index (κ2) is 8.13. The Labute approximate surface area is 186 Å². The Kier molecular flexibility index (Phi) is 4.98. The summed E-state index contributed by atoms with van der Waals surface area (Å²) in [6, 6.07) is 15.3. The zero-order chi connectivity index (χ0) is 21.5. The minimum atomic E-state index is -0.263. The third-order valence-corrected chi connectivity index (χ3v) is 7.02. The number of anilines is 1. The molecule has 2 aromatic heterocycles. The van der Waals surface area contributed by atoms with Gasteiger partial charge in [0.15, 0.2) is 5.65 Å². The first kappa shape index (κ1) is 19.6. The number of piperidine rings is 2. The molecule has 0 saturated carbocycles. The monoisotopic (exact) mass is 430 g/mol. The van der Waals surface area contributed by atoms with Crippen molar-refractivity contribution in [1.82, 2.24) is 24.7 Å². The van der Waals surface area contributed by atoms with Gasteiger partial charge in [0.25, 0.3) is 0 Å². The molecular weight excluding hydrogens is 403 g/mol. The predicted octanol–water partition coefficient (Wildman–Crippen LogP) is 4.54. The summed E-state index contributed by atoms with van der Waals surface area (Å²) in [4.78, 5) is 10.2. The molecule has 6 nitrogen and oxygen atoms in total. The molecule has 164 valence electrons. The van der Waals surface area contributed by atoms with E-state index in [1.54, 1.807) is 16.6 Å². The van der Waals surface area contributed by atoms with E-state index in [1.807, 2.05) is 6.07 Å².